The van der Waals surface area contributed by atoms with Crippen molar-refractivity contribution in [1.82, 2.24) is 14.8 Å². The molecule has 1 fully saturated rings. The van der Waals surface area contributed by atoms with Crippen molar-refractivity contribution >= 4 is 50.7 Å². The normalized spacial score (nSPS) is 17.2. The Kier molecular flexibility index (Phi) is 7.73. The minimum atomic E-state index is -0.637. The Balaban J connectivity index is 1.29. The van der Waals surface area contributed by atoms with Gasteiger partial charge in [0.2, 0.25) is 5.91 Å². The van der Waals surface area contributed by atoms with Gasteiger partial charge in [0, 0.05) is 48.8 Å². The Hall–Kier alpha value is -1.94. The number of β-amino-alcohol motifs (C(OH)–C–C–N with tert-alkyl or cyclic N) is 1. The molecule has 4 rings (SSSR count). The minimum absolute atomic E-state index is 0.194. The average molecular weight is 509 g/mol. The molecule has 0 saturated carbocycles. The summed E-state index contributed by atoms with van der Waals surface area (Å²) in [6, 6.07) is 10.2. The van der Waals surface area contributed by atoms with Crippen LogP contribution in [0.5, 0.6) is 5.75 Å². The van der Waals surface area contributed by atoms with Gasteiger partial charge in [0.25, 0.3) is 0 Å². The number of aryl methyl sites for hydroxylation is 1. The van der Waals surface area contributed by atoms with Crippen LogP contribution < -0.4 is 10.5 Å². The van der Waals surface area contributed by atoms with Crippen molar-refractivity contribution in [3.8, 4) is 5.75 Å². The van der Waals surface area contributed by atoms with E-state index in [0.717, 1.165) is 15.2 Å². The maximum absolute atomic E-state index is 12.2. The number of halogens is 2. The van der Waals surface area contributed by atoms with E-state index in [1.165, 1.54) is 0 Å². The Morgan fingerprint density at radius 1 is 1.21 bits per heavy atom. The topological polar surface area (TPSA) is 91.9 Å². The monoisotopic (exact) mass is 508 g/mol. The van der Waals surface area contributed by atoms with Crippen LogP contribution >= 0.6 is 34.5 Å². The molecule has 1 aromatic heterocycles. The number of benzene rings is 2. The van der Waals surface area contributed by atoms with Crippen LogP contribution in [-0.4, -0.2) is 71.2 Å². The SMILES string of the molecule is Cc1nc2cc(OCC(O)CN3CCN(C(C(N)=O)c4ccc(Cl)cc4Cl)CC3)ccc2s1. The molecule has 33 heavy (non-hydrogen) atoms. The van der Waals surface area contributed by atoms with Crippen molar-refractivity contribution in [2.75, 3.05) is 39.3 Å². The van der Waals surface area contributed by atoms with E-state index in [1.807, 2.05) is 30.0 Å². The molecule has 2 aromatic carbocycles. The molecule has 10 heteroatoms. The Bertz CT molecular complexity index is 1130. The predicted octanol–water partition coefficient (Wildman–Crippen LogP) is 3.50. The molecule has 176 valence electrons. The third-order valence-electron chi connectivity index (χ3n) is 5.68. The molecule has 1 saturated heterocycles. The second kappa shape index (κ2) is 10.5. The lowest BCUT2D eigenvalue weighted by Gasteiger charge is -2.39. The molecule has 3 N–H and O–H groups in total. The van der Waals surface area contributed by atoms with Crippen LogP contribution in [0.2, 0.25) is 10.0 Å². The lowest BCUT2D eigenvalue weighted by atomic mass is 10.0. The van der Waals surface area contributed by atoms with Crippen molar-refractivity contribution in [2.45, 2.75) is 19.1 Å². The number of piperazine rings is 1. The summed E-state index contributed by atoms with van der Waals surface area (Å²) in [5, 5.41) is 12.4. The number of nitrogens with two attached hydrogens (primary N) is 1. The number of carbonyl (C=O) groups is 1. The highest BCUT2D eigenvalue weighted by atomic mass is 35.5. The second-order valence-corrected chi connectivity index (χ2v) is 10.2. The number of primary amides is 1. The molecular formula is C23H26Cl2N4O3S. The zero-order chi connectivity index (χ0) is 23.5. The highest BCUT2D eigenvalue weighted by molar-refractivity contribution is 7.18. The molecule has 3 aromatic rings. The number of rotatable bonds is 8. The van der Waals surface area contributed by atoms with Crippen molar-refractivity contribution in [2.24, 2.45) is 5.73 Å². The van der Waals surface area contributed by atoms with E-state index in [-0.39, 0.29) is 6.61 Å². The molecule has 1 amide bonds. The standard InChI is InChI=1S/C23H26Cl2N4O3S/c1-14-27-20-11-17(3-5-21(20)33-14)32-13-16(30)12-28-6-8-29(9-7-28)22(23(26)31)18-4-2-15(24)10-19(18)25/h2-5,10-11,16,22,30H,6-9,12-13H2,1H3,(H2,26,31). The van der Waals surface area contributed by atoms with Crippen LogP contribution in [-0.2, 0) is 4.79 Å². The summed E-state index contributed by atoms with van der Waals surface area (Å²) < 4.78 is 6.91. The van der Waals surface area contributed by atoms with E-state index >= 15 is 0 Å². The first kappa shape index (κ1) is 24.2. The predicted molar refractivity (Wildman–Crippen MR) is 132 cm³/mol. The fraction of sp³-hybridized carbons (Fsp3) is 0.391. The first-order valence-electron chi connectivity index (χ1n) is 10.7. The number of amides is 1. The zero-order valence-electron chi connectivity index (χ0n) is 18.2. The number of fused-ring (bicyclic) bond motifs is 1. The molecule has 1 aliphatic heterocycles. The van der Waals surface area contributed by atoms with Gasteiger partial charge >= 0.3 is 0 Å². The van der Waals surface area contributed by atoms with Crippen molar-refractivity contribution < 1.29 is 14.6 Å². The Morgan fingerprint density at radius 3 is 2.67 bits per heavy atom. The minimum Gasteiger partial charge on any atom is -0.491 e. The van der Waals surface area contributed by atoms with Gasteiger partial charge < -0.3 is 15.6 Å². The molecule has 0 spiro atoms. The van der Waals surface area contributed by atoms with Crippen LogP contribution in [0.15, 0.2) is 36.4 Å². The van der Waals surface area contributed by atoms with Gasteiger partial charge in [-0.1, -0.05) is 29.3 Å². The summed E-state index contributed by atoms with van der Waals surface area (Å²) >= 11 is 14.0. The molecule has 7 nitrogen and oxygen atoms in total. The van der Waals surface area contributed by atoms with E-state index < -0.39 is 18.1 Å². The summed E-state index contributed by atoms with van der Waals surface area (Å²) in [5.41, 5.74) is 7.27. The number of aliphatic hydroxyl groups is 1. The van der Waals surface area contributed by atoms with Crippen molar-refractivity contribution in [3.63, 3.8) is 0 Å². The smallest absolute Gasteiger partial charge is 0.239 e. The number of hydrogen-bond acceptors (Lipinski definition) is 7. The first-order chi connectivity index (χ1) is 15.8. The van der Waals surface area contributed by atoms with Crippen LogP contribution in [0.3, 0.4) is 0 Å². The molecule has 2 atom stereocenters. The Morgan fingerprint density at radius 2 is 1.97 bits per heavy atom. The lowest BCUT2D eigenvalue weighted by molar-refractivity contribution is -0.124. The summed E-state index contributed by atoms with van der Waals surface area (Å²) in [4.78, 5) is 20.9. The van der Waals surface area contributed by atoms with Crippen LogP contribution in [0, 0.1) is 6.92 Å². The molecular weight excluding hydrogens is 483 g/mol. The van der Waals surface area contributed by atoms with Gasteiger partial charge in [0.05, 0.1) is 15.2 Å². The fourth-order valence-electron chi connectivity index (χ4n) is 4.11. The maximum atomic E-state index is 12.2. The van der Waals surface area contributed by atoms with E-state index in [0.29, 0.717) is 54.1 Å². The maximum Gasteiger partial charge on any atom is 0.239 e. The summed E-state index contributed by atoms with van der Waals surface area (Å²) in [5.74, 6) is 0.245. The third kappa shape index (κ3) is 5.95. The van der Waals surface area contributed by atoms with Gasteiger partial charge in [-0.05, 0) is 36.8 Å². The van der Waals surface area contributed by atoms with E-state index in [1.54, 1.807) is 29.5 Å². The summed E-state index contributed by atoms with van der Waals surface area (Å²) in [6.45, 7) is 5.28. The summed E-state index contributed by atoms with van der Waals surface area (Å²) in [7, 11) is 0. The molecule has 0 aliphatic carbocycles. The fourth-order valence-corrected chi connectivity index (χ4v) is 5.43. The largest absolute Gasteiger partial charge is 0.491 e. The number of ether oxygens (including phenoxy) is 1. The van der Waals surface area contributed by atoms with Gasteiger partial charge in [0.1, 0.15) is 24.5 Å². The average Bonchev–Trinajstić information content (AvgIpc) is 3.14. The quantitative estimate of drug-likeness (QED) is 0.483. The molecule has 1 aliphatic rings. The van der Waals surface area contributed by atoms with Gasteiger partial charge in [-0.3, -0.25) is 14.6 Å². The molecule has 2 heterocycles. The van der Waals surface area contributed by atoms with Crippen molar-refractivity contribution in [1.29, 1.82) is 0 Å². The zero-order valence-corrected chi connectivity index (χ0v) is 20.5. The van der Waals surface area contributed by atoms with Gasteiger partial charge in [-0.15, -0.1) is 11.3 Å². The van der Waals surface area contributed by atoms with Gasteiger partial charge in [-0.2, -0.15) is 0 Å². The highest BCUT2D eigenvalue weighted by Crippen LogP contribution is 2.31. The number of aliphatic hydroxyl groups excluding tert-OH is 1. The number of nitrogens with zero attached hydrogens (tertiary/aromatic N) is 3. The van der Waals surface area contributed by atoms with E-state index in [2.05, 4.69) is 9.88 Å². The van der Waals surface area contributed by atoms with Crippen LogP contribution in [0.1, 0.15) is 16.6 Å². The van der Waals surface area contributed by atoms with Gasteiger partial charge in [0.15, 0.2) is 0 Å². The van der Waals surface area contributed by atoms with E-state index in [9.17, 15) is 9.90 Å². The molecule has 0 radical (unpaired) electrons. The number of hydrogen-bond donors (Lipinski definition) is 2. The van der Waals surface area contributed by atoms with Crippen LogP contribution in [0.4, 0.5) is 0 Å². The highest BCUT2D eigenvalue weighted by Gasteiger charge is 2.31. The Labute approximate surface area is 206 Å². The second-order valence-electron chi connectivity index (χ2n) is 8.13. The van der Waals surface area contributed by atoms with E-state index in [4.69, 9.17) is 33.7 Å². The first-order valence-corrected chi connectivity index (χ1v) is 12.3. The van der Waals surface area contributed by atoms with Crippen LogP contribution in [0.25, 0.3) is 10.2 Å². The third-order valence-corrected chi connectivity index (χ3v) is 7.19. The summed E-state index contributed by atoms with van der Waals surface area (Å²) in [6.07, 6.45) is -0.637. The number of thiazole rings is 1. The lowest BCUT2D eigenvalue weighted by Crippen LogP contribution is -2.52. The number of aromatic nitrogens is 1. The van der Waals surface area contributed by atoms with Crippen molar-refractivity contribution in [3.05, 3.63) is 57.0 Å². The molecule has 0 bridgehead atoms. The number of carbonyl (C=O) groups excluding carboxylic acids is 1. The van der Waals surface area contributed by atoms with Gasteiger partial charge in [-0.25, -0.2) is 4.98 Å². The molecule has 2 unspecified atom stereocenters.